The topological polar surface area (TPSA) is 53.3 Å². The van der Waals surface area contributed by atoms with Gasteiger partial charge in [0, 0.05) is 29.8 Å². The highest BCUT2D eigenvalue weighted by molar-refractivity contribution is 7.80. The van der Waals surface area contributed by atoms with Crippen molar-refractivity contribution >= 4 is 23.0 Å². The van der Waals surface area contributed by atoms with E-state index in [0.717, 1.165) is 17.9 Å². The van der Waals surface area contributed by atoms with Crippen LogP contribution in [0.2, 0.25) is 0 Å². The number of aromatic nitrogens is 2. The van der Waals surface area contributed by atoms with Crippen LogP contribution < -0.4 is 10.2 Å². The van der Waals surface area contributed by atoms with Crippen molar-refractivity contribution in [1.82, 2.24) is 14.9 Å². The number of benzene rings is 2. The van der Waals surface area contributed by atoms with Gasteiger partial charge in [0.05, 0.1) is 17.8 Å². The highest BCUT2D eigenvalue weighted by Crippen LogP contribution is 2.43. The predicted molar refractivity (Wildman–Crippen MR) is 135 cm³/mol. The molecule has 2 atom stereocenters. The predicted octanol–water partition coefficient (Wildman–Crippen LogP) is 5.43. The first-order valence-electron chi connectivity index (χ1n) is 11.0. The standard InChI is InChI=1S/C27H26N4OS/c1-18-16-23(19(2)30(18)17-20-8-4-3-5-9-20)26-25(24-10-6-7-15-28-24)29-27(33)31(26)21-11-13-22(32)14-12-21/h3-16,25-26,32H,17H2,1-2H3,(H,29,33)/t25-,26+/m1/s1. The van der Waals surface area contributed by atoms with Gasteiger partial charge in [-0.2, -0.15) is 0 Å². The smallest absolute Gasteiger partial charge is 0.174 e. The first kappa shape index (κ1) is 21.2. The number of hydrogen-bond acceptors (Lipinski definition) is 3. The first-order valence-corrected chi connectivity index (χ1v) is 11.4. The van der Waals surface area contributed by atoms with Crippen LogP contribution in [0, 0.1) is 13.8 Å². The summed E-state index contributed by atoms with van der Waals surface area (Å²) in [5.41, 5.74) is 6.76. The number of pyridine rings is 1. The highest BCUT2D eigenvalue weighted by atomic mass is 32.1. The maximum absolute atomic E-state index is 9.82. The Morgan fingerprint density at radius 3 is 2.39 bits per heavy atom. The van der Waals surface area contributed by atoms with Crippen molar-refractivity contribution in [3.05, 3.63) is 113 Å². The molecule has 1 aliphatic heterocycles. The molecule has 0 spiro atoms. The third-order valence-electron chi connectivity index (χ3n) is 6.34. The molecule has 1 saturated heterocycles. The van der Waals surface area contributed by atoms with Gasteiger partial charge in [0.15, 0.2) is 5.11 Å². The van der Waals surface area contributed by atoms with E-state index in [9.17, 15) is 5.11 Å². The lowest BCUT2D eigenvalue weighted by molar-refractivity contribution is 0.475. The van der Waals surface area contributed by atoms with Crippen LogP contribution in [0.4, 0.5) is 5.69 Å². The summed E-state index contributed by atoms with van der Waals surface area (Å²) in [5, 5.41) is 14.0. The Balaban J connectivity index is 1.62. The number of nitrogens with zero attached hydrogens (tertiary/aromatic N) is 3. The van der Waals surface area contributed by atoms with Crippen molar-refractivity contribution in [2.24, 2.45) is 0 Å². The van der Waals surface area contributed by atoms with E-state index in [2.05, 4.69) is 63.9 Å². The third-order valence-corrected chi connectivity index (χ3v) is 6.66. The van der Waals surface area contributed by atoms with E-state index in [-0.39, 0.29) is 17.8 Å². The molecule has 2 aromatic carbocycles. The van der Waals surface area contributed by atoms with E-state index in [1.165, 1.54) is 22.5 Å². The molecule has 3 heterocycles. The number of aromatic hydroxyl groups is 1. The number of phenolic OH excluding ortho intramolecular Hbond substituents is 1. The molecule has 2 N–H and O–H groups in total. The van der Waals surface area contributed by atoms with Gasteiger partial charge < -0.3 is 19.9 Å². The lowest BCUT2D eigenvalue weighted by atomic mass is 9.96. The van der Waals surface area contributed by atoms with Gasteiger partial charge in [-0.05, 0) is 79.7 Å². The third kappa shape index (κ3) is 3.98. The second-order valence-electron chi connectivity index (χ2n) is 8.41. The van der Waals surface area contributed by atoms with Gasteiger partial charge in [-0.25, -0.2) is 0 Å². The summed E-state index contributed by atoms with van der Waals surface area (Å²) in [5.74, 6) is 0.232. The minimum absolute atomic E-state index is 0.0762. The van der Waals surface area contributed by atoms with E-state index >= 15 is 0 Å². The van der Waals surface area contributed by atoms with Crippen LogP contribution in [-0.4, -0.2) is 19.8 Å². The zero-order valence-electron chi connectivity index (χ0n) is 18.6. The molecule has 0 bridgehead atoms. The number of hydrogen-bond donors (Lipinski definition) is 2. The van der Waals surface area contributed by atoms with Crippen LogP contribution in [-0.2, 0) is 6.54 Å². The molecule has 6 heteroatoms. The van der Waals surface area contributed by atoms with Gasteiger partial charge in [-0.3, -0.25) is 4.98 Å². The molecule has 0 aliphatic carbocycles. The average molecular weight is 455 g/mol. The molecular formula is C27H26N4OS. The lowest BCUT2D eigenvalue weighted by Crippen LogP contribution is -2.29. The van der Waals surface area contributed by atoms with E-state index < -0.39 is 0 Å². The van der Waals surface area contributed by atoms with Gasteiger partial charge in [0.25, 0.3) is 0 Å². The minimum atomic E-state index is -0.0989. The Morgan fingerprint density at radius 1 is 0.970 bits per heavy atom. The molecule has 1 fully saturated rings. The van der Waals surface area contributed by atoms with Crippen LogP contribution >= 0.6 is 12.2 Å². The maximum atomic E-state index is 9.82. The molecule has 33 heavy (non-hydrogen) atoms. The van der Waals surface area contributed by atoms with E-state index in [0.29, 0.717) is 5.11 Å². The Kier molecular flexibility index (Phi) is 5.60. The summed E-state index contributed by atoms with van der Waals surface area (Å²) in [7, 11) is 0. The molecular weight excluding hydrogens is 428 g/mol. The zero-order valence-corrected chi connectivity index (χ0v) is 19.5. The average Bonchev–Trinajstić information content (AvgIpc) is 3.32. The van der Waals surface area contributed by atoms with Gasteiger partial charge in [-0.15, -0.1) is 0 Å². The summed E-state index contributed by atoms with van der Waals surface area (Å²) < 4.78 is 2.36. The molecule has 4 aromatic rings. The number of aryl methyl sites for hydroxylation is 1. The number of anilines is 1. The Labute approximate surface area is 199 Å². The second-order valence-corrected chi connectivity index (χ2v) is 8.80. The quantitative estimate of drug-likeness (QED) is 0.394. The molecule has 0 saturated carbocycles. The minimum Gasteiger partial charge on any atom is -0.508 e. The fourth-order valence-corrected chi connectivity index (χ4v) is 5.04. The molecule has 166 valence electrons. The second kappa shape index (κ2) is 8.71. The summed E-state index contributed by atoms with van der Waals surface area (Å²) in [6.45, 7) is 5.15. The molecule has 0 amide bonds. The molecule has 5 nitrogen and oxygen atoms in total. The van der Waals surface area contributed by atoms with Crippen LogP contribution in [0.3, 0.4) is 0 Å². The maximum Gasteiger partial charge on any atom is 0.174 e. The van der Waals surface area contributed by atoms with Crippen molar-refractivity contribution in [3.8, 4) is 5.75 Å². The highest BCUT2D eigenvalue weighted by Gasteiger charge is 2.42. The number of thiocarbonyl (C=S) groups is 1. The molecule has 5 rings (SSSR count). The van der Waals surface area contributed by atoms with Gasteiger partial charge >= 0.3 is 0 Å². The van der Waals surface area contributed by atoms with Crippen molar-refractivity contribution in [3.63, 3.8) is 0 Å². The lowest BCUT2D eigenvalue weighted by Gasteiger charge is -2.28. The molecule has 1 aliphatic rings. The van der Waals surface area contributed by atoms with Crippen molar-refractivity contribution in [1.29, 1.82) is 0 Å². The molecule has 0 radical (unpaired) electrons. The van der Waals surface area contributed by atoms with Crippen LogP contribution in [0.15, 0.2) is 85.1 Å². The summed E-state index contributed by atoms with van der Waals surface area (Å²) in [4.78, 5) is 6.79. The van der Waals surface area contributed by atoms with Gasteiger partial charge in [0.1, 0.15) is 5.75 Å². The van der Waals surface area contributed by atoms with E-state index in [1.54, 1.807) is 12.1 Å². The van der Waals surface area contributed by atoms with E-state index in [4.69, 9.17) is 12.2 Å². The Hall–Kier alpha value is -3.64. The summed E-state index contributed by atoms with van der Waals surface area (Å²) in [6.07, 6.45) is 1.82. The fourth-order valence-electron chi connectivity index (χ4n) is 4.70. The van der Waals surface area contributed by atoms with Crippen LogP contribution in [0.1, 0.15) is 40.3 Å². The fraction of sp³-hybridized carbons (Fsp3) is 0.185. The Bertz CT molecular complexity index is 1270. The van der Waals surface area contributed by atoms with E-state index in [1.807, 2.05) is 42.6 Å². The SMILES string of the molecule is Cc1cc([C@H]2[C@@H](c3ccccn3)NC(=S)N2c2ccc(O)cc2)c(C)n1Cc1ccccc1. The molecule has 0 unspecified atom stereocenters. The number of nitrogens with one attached hydrogen (secondary N) is 1. The monoisotopic (exact) mass is 454 g/mol. The van der Waals surface area contributed by atoms with Gasteiger partial charge in [-0.1, -0.05) is 36.4 Å². The largest absolute Gasteiger partial charge is 0.508 e. The molecule has 2 aromatic heterocycles. The Morgan fingerprint density at radius 2 is 1.70 bits per heavy atom. The van der Waals surface area contributed by atoms with Crippen LogP contribution in [0.25, 0.3) is 0 Å². The van der Waals surface area contributed by atoms with Crippen molar-refractivity contribution < 1.29 is 5.11 Å². The van der Waals surface area contributed by atoms with Crippen molar-refractivity contribution in [2.75, 3.05) is 4.90 Å². The normalized spacial score (nSPS) is 17.9. The summed E-state index contributed by atoms with van der Waals surface area (Å²) in [6, 6.07) is 25.8. The summed E-state index contributed by atoms with van der Waals surface area (Å²) >= 11 is 5.82. The number of phenols is 1. The van der Waals surface area contributed by atoms with Gasteiger partial charge in [0.2, 0.25) is 0 Å². The van der Waals surface area contributed by atoms with Crippen LogP contribution in [0.5, 0.6) is 5.75 Å². The number of rotatable bonds is 5. The first-order chi connectivity index (χ1) is 16.0. The zero-order chi connectivity index (χ0) is 22.9. The van der Waals surface area contributed by atoms with Crippen molar-refractivity contribution in [2.45, 2.75) is 32.5 Å².